The Bertz CT molecular complexity index is 789. The molecule has 0 aliphatic carbocycles. The molecule has 2 heterocycles. The molecule has 3 N–H and O–H groups in total. The third-order valence-electron chi connectivity index (χ3n) is 4.54. The Labute approximate surface area is 172 Å². The molecule has 1 aliphatic rings. The number of rotatable bonds is 11. The summed E-state index contributed by atoms with van der Waals surface area (Å²) in [6.07, 6.45) is 8.91. The lowest BCUT2D eigenvalue weighted by molar-refractivity contribution is 0.587. The van der Waals surface area contributed by atoms with E-state index in [1.165, 1.54) is 5.56 Å². The standard InChI is InChI=1S/C22H29N7/c1-3-13-24-20-26-21(25-14-4-2)28-22(27-20)29-16-12-19(17-29)23-15-8-11-18-9-6-5-7-10-18/h3-11,19,23H,1-2,12-17H2,(H2,24,25,26,27,28). The van der Waals surface area contributed by atoms with Gasteiger partial charge in [0.25, 0.3) is 0 Å². The van der Waals surface area contributed by atoms with E-state index in [1.807, 2.05) is 18.2 Å². The molecule has 1 saturated heterocycles. The number of benzene rings is 1. The van der Waals surface area contributed by atoms with Crippen molar-refractivity contribution in [1.29, 1.82) is 0 Å². The molecule has 7 heteroatoms. The largest absolute Gasteiger partial charge is 0.351 e. The summed E-state index contributed by atoms with van der Waals surface area (Å²) >= 11 is 0. The summed E-state index contributed by atoms with van der Waals surface area (Å²) in [5, 5.41) is 9.88. The molecule has 152 valence electrons. The van der Waals surface area contributed by atoms with Crippen molar-refractivity contribution < 1.29 is 0 Å². The molecule has 1 aliphatic heterocycles. The maximum atomic E-state index is 4.57. The molecule has 1 unspecified atom stereocenters. The minimum atomic E-state index is 0.404. The molecule has 0 amide bonds. The highest BCUT2D eigenvalue weighted by Gasteiger charge is 2.24. The molecular formula is C22H29N7. The quantitative estimate of drug-likeness (QED) is 0.508. The van der Waals surface area contributed by atoms with Crippen LogP contribution >= 0.6 is 0 Å². The first-order valence-corrected chi connectivity index (χ1v) is 9.94. The molecular weight excluding hydrogens is 362 g/mol. The van der Waals surface area contributed by atoms with Gasteiger partial charge in [0.15, 0.2) is 0 Å². The van der Waals surface area contributed by atoms with Gasteiger partial charge in [-0.25, -0.2) is 0 Å². The summed E-state index contributed by atoms with van der Waals surface area (Å²) in [6, 6.07) is 10.7. The van der Waals surface area contributed by atoms with Gasteiger partial charge in [0.05, 0.1) is 0 Å². The molecule has 1 atom stereocenters. The molecule has 0 saturated carbocycles. The van der Waals surface area contributed by atoms with Gasteiger partial charge >= 0.3 is 0 Å². The molecule has 0 bridgehead atoms. The second-order valence-corrected chi connectivity index (χ2v) is 6.77. The summed E-state index contributed by atoms with van der Waals surface area (Å²) in [6.45, 7) is 11.3. The molecule has 7 nitrogen and oxygen atoms in total. The highest BCUT2D eigenvalue weighted by molar-refractivity contribution is 5.49. The number of hydrogen-bond acceptors (Lipinski definition) is 7. The zero-order valence-corrected chi connectivity index (χ0v) is 16.7. The molecule has 2 aromatic rings. The van der Waals surface area contributed by atoms with Crippen LogP contribution in [-0.4, -0.2) is 53.7 Å². The molecule has 1 aromatic heterocycles. The van der Waals surface area contributed by atoms with Gasteiger partial charge in [0.1, 0.15) is 0 Å². The van der Waals surface area contributed by atoms with Crippen molar-refractivity contribution >= 4 is 23.9 Å². The van der Waals surface area contributed by atoms with Crippen LogP contribution in [0.2, 0.25) is 0 Å². The van der Waals surface area contributed by atoms with Crippen molar-refractivity contribution in [3.63, 3.8) is 0 Å². The summed E-state index contributed by atoms with van der Waals surface area (Å²) in [7, 11) is 0. The van der Waals surface area contributed by atoms with Crippen LogP contribution < -0.4 is 20.9 Å². The Morgan fingerprint density at radius 1 is 0.966 bits per heavy atom. The Kier molecular flexibility index (Phi) is 7.77. The van der Waals surface area contributed by atoms with Crippen molar-refractivity contribution in [3.05, 3.63) is 67.3 Å². The first-order valence-electron chi connectivity index (χ1n) is 9.94. The molecule has 29 heavy (non-hydrogen) atoms. The number of hydrogen-bond donors (Lipinski definition) is 3. The highest BCUT2D eigenvalue weighted by Crippen LogP contribution is 2.19. The smallest absolute Gasteiger partial charge is 0.232 e. The zero-order chi connectivity index (χ0) is 20.3. The lowest BCUT2D eigenvalue weighted by Gasteiger charge is -2.18. The van der Waals surface area contributed by atoms with Crippen LogP contribution in [-0.2, 0) is 0 Å². The van der Waals surface area contributed by atoms with E-state index in [2.05, 4.69) is 73.2 Å². The SMILES string of the molecule is C=CCNc1nc(NCC=C)nc(N2CCC(NCC=Cc3ccccc3)C2)n1. The van der Waals surface area contributed by atoms with Gasteiger partial charge in [-0.3, -0.25) is 0 Å². The van der Waals surface area contributed by atoms with E-state index in [0.29, 0.717) is 37.0 Å². The topological polar surface area (TPSA) is 78.0 Å². The van der Waals surface area contributed by atoms with Crippen LogP contribution in [0.15, 0.2) is 61.7 Å². The van der Waals surface area contributed by atoms with Crippen molar-refractivity contribution in [2.75, 3.05) is 48.3 Å². The first kappa shape index (κ1) is 20.5. The van der Waals surface area contributed by atoms with Crippen molar-refractivity contribution in [1.82, 2.24) is 20.3 Å². The molecule has 0 radical (unpaired) electrons. The average molecular weight is 392 g/mol. The van der Waals surface area contributed by atoms with E-state index in [1.54, 1.807) is 12.2 Å². The van der Waals surface area contributed by atoms with E-state index >= 15 is 0 Å². The maximum absolute atomic E-state index is 4.57. The fourth-order valence-corrected chi connectivity index (χ4v) is 3.09. The minimum Gasteiger partial charge on any atom is -0.351 e. The van der Waals surface area contributed by atoms with E-state index in [0.717, 1.165) is 26.1 Å². The normalized spacial score (nSPS) is 16.1. The van der Waals surface area contributed by atoms with Gasteiger partial charge < -0.3 is 20.9 Å². The fraction of sp³-hybridized carbons (Fsp3) is 0.318. The van der Waals surface area contributed by atoms with Crippen molar-refractivity contribution in [3.8, 4) is 0 Å². The monoisotopic (exact) mass is 391 g/mol. The molecule has 1 fully saturated rings. The van der Waals surface area contributed by atoms with Crippen LogP contribution in [0.1, 0.15) is 12.0 Å². The lowest BCUT2D eigenvalue weighted by Crippen LogP contribution is -2.33. The number of anilines is 3. The van der Waals surface area contributed by atoms with E-state index in [9.17, 15) is 0 Å². The minimum absolute atomic E-state index is 0.404. The van der Waals surface area contributed by atoms with Crippen LogP contribution in [0.4, 0.5) is 17.8 Å². The summed E-state index contributed by atoms with van der Waals surface area (Å²) < 4.78 is 0. The highest BCUT2D eigenvalue weighted by atomic mass is 15.3. The Morgan fingerprint density at radius 2 is 1.66 bits per heavy atom. The van der Waals surface area contributed by atoms with Gasteiger partial charge in [-0.2, -0.15) is 15.0 Å². The molecule has 0 spiro atoms. The molecule has 1 aromatic carbocycles. The van der Waals surface area contributed by atoms with Crippen LogP contribution in [0.25, 0.3) is 6.08 Å². The van der Waals surface area contributed by atoms with Gasteiger partial charge in [0, 0.05) is 38.8 Å². The number of aromatic nitrogens is 3. The predicted octanol–water partition coefficient (Wildman–Crippen LogP) is 2.95. The Morgan fingerprint density at radius 3 is 2.31 bits per heavy atom. The van der Waals surface area contributed by atoms with E-state index in [4.69, 9.17) is 0 Å². The van der Waals surface area contributed by atoms with E-state index < -0.39 is 0 Å². The summed E-state index contributed by atoms with van der Waals surface area (Å²) in [4.78, 5) is 15.7. The van der Waals surface area contributed by atoms with Gasteiger partial charge in [-0.15, -0.1) is 13.2 Å². The zero-order valence-electron chi connectivity index (χ0n) is 16.7. The van der Waals surface area contributed by atoms with Crippen LogP contribution in [0.3, 0.4) is 0 Å². The third-order valence-corrected chi connectivity index (χ3v) is 4.54. The second kappa shape index (κ2) is 11.0. The number of nitrogens with one attached hydrogen (secondary N) is 3. The predicted molar refractivity (Wildman–Crippen MR) is 121 cm³/mol. The van der Waals surface area contributed by atoms with Gasteiger partial charge in [0.2, 0.25) is 17.8 Å². The van der Waals surface area contributed by atoms with Crippen molar-refractivity contribution in [2.45, 2.75) is 12.5 Å². The van der Waals surface area contributed by atoms with Gasteiger partial charge in [-0.05, 0) is 12.0 Å². The lowest BCUT2D eigenvalue weighted by atomic mass is 10.2. The fourth-order valence-electron chi connectivity index (χ4n) is 3.09. The maximum Gasteiger partial charge on any atom is 0.232 e. The molecule has 3 rings (SSSR count). The summed E-state index contributed by atoms with van der Waals surface area (Å²) in [5.74, 6) is 1.77. The third kappa shape index (κ3) is 6.43. The van der Waals surface area contributed by atoms with Crippen LogP contribution in [0.5, 0.6) is 0 Å². The Hall–Kier alpha value is -3.19. The average Bonchev–Trinajstić information content (AvgIpc) is 3.23. The van der Waals surface area contributed by atoms with Gasteiger partial charge in [-0.1, -0.05) is 54.6 Å². The number of nitrogens with zero attached hydrogens (tertiary/aromatic N) is 4. The Balaban J connectivity index is 1.57. The second-order valence-electron chi connectivity index (χ2n) is 6.77. The first-order chi connectivity index (χ1) is 14.3. The van der Waals surface area contributed by atoms with Crippen molar-refractivity contribution in [2.24, 2.45) is 0 Å². The van der Waals surface area contributed by atoms with E-state index in [-0.39, 0.29) is 0 Å². The summed E-state index contributed by atoms with van der Waals surface area (Å²) in [5.41, 5.74) is 1.21. The van der Waals surface area contributed by atoms with Crippen LogP contribution in [0, 0.1) is 0 Å².